The van der Waals surface area contributed by atoms with Crippen LogP contribution in [0.2, 0.25) is 0 Å². The van der Waals surface area contributed by atoms with Gasteiger partial charge in [0.05, 0.1) is 0 Å². The minimum Gasteiger partial charge on any atom is -0.393 e. The smallest absolute Gasteiger partial charge is 0.393 e. The molecule has 1 unspecified atom stereocenters. The molecule has 0 radical (unpaired) electrons. The van der Waals surface area contributed by atoms with E-state index in [-0.39, 0.29) is 5.06 Å². The van der Waals surface area contributed by atoms with Gasteiger partial charge in [-0.25, -0.2) is 9.13 Å². The molecule has 10 heteroatoms. The lowest BCUT2D eigenvalue weighted by molar-refractivity contribution is 0.230. The van der Waals surface area contributed by atoms with Crippen LogP contribution in [-0.4, -0.2) is 14.7 Å². The first-order valence-electron chi connectivity index (χ1n) is 4.45. The van der Waals surface area contributed by atoms with E-state index in [9.17, 15) is 9.13 Å². The Labute approximate surface area is 107 Å². The standard InChI is InChI=1S/C8H10O7P2S/c9-16(10,11)15-17(12,13)14-8-6-4-2-1-3-5-7-18-8/h1-7H,(H,12,13)(H2,9,10,11). The number of hydrogen-bond donors (Lipinski definition) is 3. The van der Waals surface area contributed by atoms with Gasteiger partial charge in [0, 0.05) is 0 Å². The highest BCUT2D eigenvalue weighted by atomic mass is 32.1. The summed E-state index contributed by atoms with van der Waals surface area (Å²) in [6.45, 7) is 0. The van der Waals surface area contributed by atoms with Crippen molar-refractivity contribution in [2.24, 2.45) is 0 Å². The molecule has 3 N–H and O–H groups in total. The second-order valence-corrected chi connectivity index (χ2v) is 6.50. The van der Waals surface area contributed by atoms with Gasteiger partial charge in [0.2, 0.25) is 0 Å². The van der Waals surface area contributed by atoms with Crippen LogP contribution < -0.4 is 4.52 Å². The lowest BCUT2D eigenvalue weighted by atomic mass is 10.5. The summed E-state index contributed by atoms with van der Waals surface area (Å²) in [4.78, 5) is 26.0. The van der Waals surface area contributed by atoms with Crippen LogP contribution in [0.15, 0.2) is 41.8 Å². The highest BCUT2D eigenvalue weighted by Crippen LogP contribution is 2.57. The highest BCUT2D eigenvalue weighted by molar-refractivity contribution is 7.61. The Bertz CT molecular complexity index is 512. The van der Waals surface area contributed by atoms with Crippen LogP contribution in [0.3, 0.4) is 0 Å². The number of phosphoric acid groups is 2. The Hall–Kier alpha value is -0.720. The van der Waals surface area contributed by atoms with Gasteiger partial charge in [-0.1, -0.05) is 30.3 Å². The molecule has 0 amide bonds. The molecule has 1 aromatic heterocycles. The number of hydrogen-bond acceptors (Lipinski definition) is 5. The van der Waals surface area contributed by atoms with E-state index in [2.05, 4.69) is 8.83 Å². The van der Waals surface area contributed by atoms with Crippen molar-refractivity contribution < 1.29 is 32.6 Å². The highest BCUT2D eigenvalue weighted by Gasteiger charge is 2.33. The molecule has 100 valence electrons. The number of rotatable bonds is 4. The fourth-order valence-electron chi connectivity index (χ4n) is 0.834. The SMILES string of the molecule is O=P(O)(O)OP(=O)(O)Oc1cccccccs1. The Morgan fingerprint density at radius 3 is 2.28 bits per heavy atom. The summed E-state index contributed by atoms with van der Waals surface area (Å²) in [6, 6.07) is 9.64. The van der Waals surface area contributed by atoms with Gasteiger partial charge in [-0.2, -0.15) is 4.31 Å². The molecular formula is C8H10O7P2S. The van der Waals surface area contributed by atoms with Gasteiger partial charge in [-0.05, 0) is 11.4 Å². The van der Waals surface area contributed by atoms with Gasteiger partial charge in [-0.3, -0.25) is 4.89 Å². The lowest BCUT2D eigenvalue weighted by Gasteiger charge is -2.11. The van der Waals surface area contributed by atoms with E-state index in [0.29, 0.717) is 0 Å². The third kappa shape index (κ3) is 6.88. The Morgan fingerprint density at radius 2 is 1.61 bits per heavy atom. The molecular weight excluding hydrogens is 302 g/mol. The van der Waals surface area contributed by atoms with Crippen LogP contribution >= 0.6 is 27.0 Å². The summed E-state index contributed by atoms with van der Waals surface area (Å²) < 4.78 is 30.0. The minimum atomic E-state index is -5.11. The maximum Gasteiger partial charge on any atom is 0.537 e. The van der Waals surface area contributed by atoms with Crippen LogP contribution in [-0.2, 0) is 13.4 Å². The van der Waals surface area contributed by atoms with Crippen molar-refractivity contribution in [3.8, 4) is 5.06 Å². The van der Waals surface area contributed by atoms with E-state index >= 15 is 0 Å². The number of phosphoric ester groups is 1. The van der Waals surface area contributed by atoms with Crippen molar-refractivity contribution in [2.45, 2.75) is 0 Å². The van der Waals surface area contributed by atoms with Crippen LogP contribution in [0.4, 0.5) is 0 Å². The van der Waals surface area contributed by atoms with Crippen LogP contribution in [0.1, 0.15) is 0 Å². The minimum absolute atomic E-state index is 0.0366. The van der Waals surface area contributed by atoms with Crippen LogP contribution in [0.25, 0.3) is 0 Å². The first-order valence-corrected chi connectivity index (χ1v) is 8.35. The average Bonchev–Trinajstić information content (AvgIpc) is 2.27. The molecule has 0 bridgehead atoms. The molecule has 1 heterocycles. The van der Waals surface area contributed by atoms with Gasteiger partial charge < -0.3 is 14.3 Å². The van der Waals surface area contributed by atoms with Crippen molar-refractivity contribution in [3.63, 3.8) is 0 Å². The topological polar surface area (TPSA) is 113 Å². The maximum absolute atomic E-state index is 11.3. The summed E-state index contributed by atoms with van der Waals surface area (Å²) in [6.07, 6.45) is 0. The van der Waals surface area contributed by atoms with Crippen LogP contribution in [0.5, 0.6) is 5.06 Å². The molecule has 0 aromatic carbocycles. The zero-order valence-electron chi connectivity index (χ0n) is 8.82. The third-order valence-corrected chi connectivity index (χ3v) is 4.33. The van der Waals surface area contributed by atoms with Gasteiger partial charge in [-0.15, -0.1) is 11.3 Å². The quantitative estimate of drug-likeness (QED) is 0.732. The van der Waals surface area contributed by atoms with E-state index in [1.807, 2.05) is 0 Å². The molecule has 1 atom stereocenters. The normalized spacial score (nSPS) is 14.4. The Balaban J connectivity index is 2.95. The summed E-state index contributed by atoms with van der Waals surface area (Å²) in [5.74, 6) is 0. The Morgan fingerprint density at radius 1 is 1.00 bits per heavy atom. The molecule has 0 aliphatic heterocycles. The molecule has 18 heavy (non-hydrogen) atoms. The molecule has 1 aromatic rings. The fraction of sp³-hybridized carbons (Fsp3) is 0. The van der Waals surface area contributed by atoms with E-state index < -0.39 is 15.6 Å². The summed E-state index contributed by atoms with van der Waals surface area (Å²) in [7, 11) is -9.98. The van der Waals surface area contributed by atoms with Crippen molar-refractivity contribution in [1.82, 2.24) is 0 Å². The maximum atomic E-state index is 11.3. The first kappa shape index (κ1) is 15.3. The van der Waals surface area contributed by atoms with E-state index in [0.717, 1.165) is 11.3 Å². The van der Waals surface area contributed by atoms with E-state index in [1.54, 1.807) is 29.6 Å². The predicted octanol–water partition coefficient (Wildman–Crippen LogP) is 2.46. The summed E-state index contributed by atoms with van der Waals surface area (Å²) >= 11 is 0.954. The van der Waals surface area contributed by atoms with Crippen molar-refractivity contribution in [1.29, 1.82) is 0 Å². The molecule has 0 saturated carbocycles. The zero-order valence-corrected chi connectivity index (χ0v) is 11.4. The van der Waals surface area contributed by atoms with Crippen molar-refractivity contribution in [2.75, 3.05) is 0 Å². The van der Waals surface area contributed by atoms with Crippen molar-refractivity contribution >= 4 is 27.0 Å². The lowest BCUT2D eigenvalue weighted by Crippen LogP contribution is -1.94. The summed E-state index contributed by atoms with van der Waals surface area (Å²) in [5, 5.41) is 1.53. The molecule has 0 saturated heterocycles. The molecule has 0 aliphatic rings. The van der Waals surface area contributed by atoms with Gasteiger partial charge in [0.25, 0.3) is 0 Å². The second kappa shape index (κ2) is 6.45. The van der Waals surface area contributed by atoms with Gasteiger partial charge in [0.15, 0.2) is 5.06 Å². The van der Waals surface area contributed by atoms with E-state index in [4.69, 9.17) is 14.7 Å². The van der Waals surface area contributed by atoms with Gasteiger partial charge in [0.1, 0.15) is 0 Å². The van der Waals surface area contributed by atoms with E-state index in [1.165, 1.54) is 12.1 Å². The molecule has 0 fully saturated rings. The fourth-order valence-corrected chi connectivity index (χ4v) is 3.25. The molecule has 1 rings (SSSR count). The van der Waals surface area contributed by atoms with Gasteiger partial charge >= 0.3 is 15.6 Å². The Kier molecular flexibility index (Phi) is 5.49. The van der Waals surface area contributed by atoms with Crippen molar-refractivity contribution in [3.05, 3.63) is 41.8 Å². The second-order valence-electron chi connectivity index (χ2n) is 2.83. The largest absolute Gasteiger partial charge is 0.537 e. The zero-order chi connectivity index (χ0) is 13.6. The third-order valence-electron chi connectivity index (χ3n) is 1.35. The predicted molar refractivity (Wildman–Crippen MR) is 65.5 cm³/mol. The molecule has 0 aliphatic carbocycles. The summed E-state index contributed by atoms with van der Waals surface area (Å²) in [5.41, 5.74) is 0. The molecule has 7 nitrogen and oxygen atoms in total. The average molecular weight is 312 g/mol. The molecule has 0 spiro atoms. The van der Waals surface area contributed by atoms with Crippen LogP contribution in [0, 0.1) is 0 Å². The first-order chi connectivity index (χ1) is 8.29. The monoisotopic (exact) mass is 312 g/mol.